The number of benzene rings is 1. The van der Waals surface area contributed by atoms with Gasteiger partial charge in [-0.2, -0.15) is 0 Å². The van der Waals surface area contributed by atoms with E-state index in [2.05, 4.69) is 25.4 Å². The first-order chi connectivity index (χ1) is 15.3. The highest BCUT2D eigenvalue weighted by molar-refractivity contribution is 6.10. The fourth-order valence-corrected chi connectivity index (χ4v) is 2.49. The number of hydrogen-bond acceptors (Lipinski definition) is 8. The number of allylic oxidation sites excluding steroid dienone is 1. The summed E-state index contributed by atoms with van der Waals surface area (Å²) in [6.07, 6.45) is 4.22. The molecule has 1 atom stereocenters. The number of halogens is 1. The zero-order chi connectivity index (χ0) is 23.1. The second kappa shape index (κ2) is 10.1. The van der Waals surface area contributed by atoms with Gasteiger partial charge in [0.2, 0.25) is 11.8 Å². The molecule has 10 nitrogen and oxygen atoms in total. The molecule has 0 fully saturated rings. The first-order valence-electron chi connectivity index (χ1n) is 9.44. The van der Waals surface area contributed by atoms with Crippen molar-refractivity contribution in [3.63, 3.8) is 0 Å². The van der Waals surface area contributed by atoms with Crippen molar-refractivity contribution in [1.29, 1.82) is 0 Å². The van der Waals surface area contributed by atoms with E-state index in [4.69, 9.17) is 16.0 Å². The highest BCUT2D eigenvalue weighted by atomic mass is 19.1. The van der Waals surface area contributed by atoms with Gasteiger partial charge in [0.15, 0.2) is 5.82 Å². The number of primary amides is 1. The van der Waals surface area contributed by atoms with E-state index in [-0.39, 0.29) is 29.7 Å². The molecule has 0 spiro atoms. The third kappa shape index (κ3) is 5.59. The number of carbonyl (C=O) groups excluding carboxylic acids is 2. The predicted octanol–water partition coefficient (Wildman–Crippen LogP) is 1.65. The van der Waals surface area contributed by atoms with Gasteiger partial charge in [-0.25, -0.2) is 14.4 Å². The van der Waals surface area contributed by atoms with Gasteiger partial charge in [0, 0.05) is 17.8 Å². The molecule has 164 valence electrons. The van der Waals surface area contributed by atoms with E-state index >= 15 is 0 Å². The van der Waals surface area contributed by atoms with Gasteiger partial charge in [0.05, 0.1) is 18.0 Å². The molecule has 0 radical (unpaired) electrons. The lowest BCUT2D eigenvalue weighted by Gasteiger charge is -2.09. The largest absolute Gasteiger partial charge is 0.396 e. The number of nitrogens with zero attached hydrogens (tertiary/aromatic N) is 4. The van der Waals surface area contributed by atoms with Crippen LogP contribution >= 0.6 is 0 Å². The van der Waals surface area contributed by atoms with Crippen molar-refractivity contribution in [2.45, 2.75) is 13.5 Å². The van der Waals surface area contributed by atoms with Crippen molar-refractivity contribution in [1.82, 2.24) is 15.1 Å². The number of nitrogens with two attached hydrogens (primary N) is 2. The summed E-state index contributed by atoms with van der Waals surface area (Å²) in [5.41, 5.74) is 12.5. The van der Waals surface area contributed by atoms with Crippen LogP contribution < -0.4 is 16.8 Å². The van der Waals surface area contributed by atoms with Gasteiger partial charge in [-0.3, -0.25) is 14.6 Å². The number of nitrogens with one attached hydrogen (secondary N) is 1. The Kier molecular flexibility index (Phi) is 7.01. The summed E-state index contributed by atoms with van der Waals surface area (Å²) in [6.45, 7) is 1.42. The Balaban J connectivity index is 1.87. The monoisotopic (exact) mass is 437 g/mol. The van der Waals surface area contributed by atoms with Crippen LogP contribution in [0.2, 0.25) is 0 Å². The minimum absolute atomic E-state index is 0.0423. The molecule has 0 saturated carbocycles. The van der Waals surface area contributed by atoms with Crippen molar-refractivity contribution in [3.8, 4) is 0 Å². The topological polar surface area (TPSA) is 162 Å². The minimum Gasteiger partial charge on any atom is -0.396 e. The van der Waals surface area contributed by atoms with Gasteiger partial charge in [-0.1, -0.05) is 23.4 Å². The maximum absolute atomic E-state index is 13.9. The van der Waals surface area contributed by atoms with Crippen molar-refractivity contribution < 1.29 is 18.5 Å². The van der Waals surface area contributed by atoms with Crippen LogP contribution in [0.1, 0.15) is 24.0 Å². The van der Waals surface area contributed by atoms with Crippen LogP contribution in [0.15, 0.2) is 64.4 Å². The molecule has 5 N–H and O–H groups in total. The zero-order valence-electron chi connectivity index (χ0n) is 17.0. The van der Waals surface area contributed by atoms with Crippen LogP contribution in [0.3, 0.4) is 0 Å². The Morgan fingerprint density at radius 2 is 2.03 bits per heavy atom. The fraction of sp³-hybridized carbons (Fsp3) is 0.143. The zero-order valence-corrected chi connectivity index (χ0v) is 17.0. The summed E-state index contributed by atoms with van der Waals surface area (Å²) in [6, 6.07) is 9.28. The Bertz CT molecular complexity index is 1180. The first kappa shape index (κ1) is 22.3. The molecule has 0 aliphatic rings. The van der Waals surface area contributed by atoms with Gasteiger partial charge in [0.1, 0.15) is 29.5 Å². The van der Waals surface area contributed by atoms with Crippen LogP contribution in [-0.4, -0.2) is 32.7 Å². The number of rotatable bonds is 8. The van der Waals surface area contributed by atoms with E-state index in [0.717, 1.165) is 0 Å². The van der Waals surface area contributed by atoms with E-state index < -0.39 is 17.7 Å². The Labute approximate surface area is 182 Å². The van der Waals surface area contributed by atoms with Crippen LogP contribution in [0.25, 0.3) is 5.70 Å². The average molecular weight is 437 g/mol. The summed E-state index contributed by atoms with van der Waals surface area (Å²) in [5.74, 6) is -2.57. The number of carbonyl (C=O) groups is 2. The van der Waals surface area contributed by atoms with E-state index in [9.17, 15) is 14.0 Å². The quantitative estimate of drug-likeness (QED) is 0.356. The van der Waals surface area contributed by atoms with Gasteiger partial charge in [0.25, 0.3) is 0 Å². The van der Waals surface area contributed by atoms with Gasteiger partial charge in [-0.05, 0) is 25.1 Å². The summed E-state index contributed by atoms with van der Waals surface area (Å²) >= 11 is 0. The fourth-order valence-electron chi connectivity index (χ4n) is 2.49. The summed E-state index contributed by atoms with van der Waals surface area (Å²) in [5, 5.41) is 6.33. The molecule has 0 saturated heterocycles. The molecule has 1 unspecified atom stereocenters. The molecule has 0 aliphatic carbocycles. The van der Waals surface area contributed by atoms with Crippen molar-refractivity contribution in [2.24, 2.45) is 22.4 Å². The number of aliphatic imine (C=N–C) groups is 1. The van der Waals surface area contributed by atoms with Gasteiger partial charge >= 0.3 is 0 Å². The van der Waals surface area contributed by atoms with E-state index in [1.807, 2.05) is 0 Å². The normalized spacial score (nSPS) is 12.9. The molecule has 0 bridgehead atoms. The summed E-state index contributed by atoms with van der Waals surface area (Å²) in [4.78, 5) is 35.9. The molecule has 2 heterocycles. The van der Waals surface area contributed by atoms with Gasteiger partial charge < -0.3 is 21.3 Å². The van der Waals surface area contributed by atoms with E-state index in [0.29, 0.717) is 17.0 Å². The molecule has 11 heteroatoms. The SMILES string of the molecule is CC(C(N)=O)C(=O)Nc1ccnc(C(N)=CC(=NCc2ccccc2F)c2ccon2)n1. The Morgan fingerprint density at radius 3 is 2.72 bits per heavy atom. The summed E-state index contributed by atoms with van der Waals surface area (Å²) in [7, 11) is 0. The van der Waals surface area contributed by atoms with Crippen molar-refractivity contribution in [3.05, 3.63) is 77.8 Å². The molecule has 1 aromatic carbocycles. The third-order valence-corrected chi connectivity index (χ3v) is 4.36. The van der Waals surface area contributed by atoms with Crippen LogP contribution in [0.5, 0.6) is 0 Å². The predicted molar refractivity (Wildman–Crippen MR) is 114 cm³/mol. The number of amides is 2. The Morgan fingerprint density at radius 1 is 1.25 bits per heavy atom. The lowest BCUT2D eigenvalue weighted by Crippen LogP contribution is -2.32. The summed E-state index contributed by atoms with van der Waals surface area (Å²) < 4.78 is 18.8. The molecule has 2 amide bonds. The molecule has 32 heavy (non-hydrogen) atoms. The number of aromatic nitrogens is 3. The molecule has 2 aromatic heterocycles. The lowest BCUT2D eigenvalue weighted by atomic mass is 10.1. The maximum atomic E-state index is 13.9. The highest BCUT2D eigenvalue weighted by Crippen LogP contribution is 2.13. The van der Waals surface area contributed by atoms with Crippen molar-refractivity contribution in [2.75, 3.05) is 5.32 Å². The molecule has 0 aliphatic heterocycles. The average Bonchev–Trinajstić information content (AvgIpc) is 3.31. The molecule has 3 aromatic rings. The number of hydrogen-bond donors (Lipinski definition) is 3. The van der Waals surface area contributed by atoms with Crippen LogP contribution in [-0.2, 0) is 16.1 Å². The van der Waals surface area contributed by atoms with Crippen LogP contribution in [0, 0.1) is 11.7 Å². The second-order valence-corrected chi connectivity index (χ2v) is 6.66. The van der Waals surface area contributed by atoms with E-state index in [1.54, 1.807) is 24.3 Å². The lowest BCUT2D eigenvalue weighted by molar-refractivity contribution is -0.129. The minimum atomic E-state index is -1.04. The molecular weight excluding hydrogens is 417 g/mol. The molecular formula is C21H20FN7O3. The van der Waals surface area contributed by atoms with E-state index in [1.165, 1.54) is 37.6 Å². The molecule has 3 rings (SSSR count). The second-order valence-electron chi connectivity index (χ2n) is 6.66. The smallest absolute Gasteiger partial charge is 0.237 e. The highest BCUT2D eigenvalue weighted by Gasteiger charge is 2.19. The number of anilines is 1. The third-order valence-electron chi connectivity index (χ3n) is 4.36. The van der Waals surface area contributed by atoms with Crippen molar-refractivity contribution >= 4 is 29.0 Å². The standard InChI is InChI=1S/C21H20FN7O3/c1-12(19(24)30)21(31)28-18-6-8-25-20(27-18)15(23)10-17(16-7-9-32-29-16)26-11-13-4-2-3-5-14(13)22/h2-10,12H,11,23H2,1H3,(H2,24,30)(H,25,27,28,31). The first-order valence-corrected chi connectivity index (χ1v) is 9.44. The van der Waals surface area contributed by atoms with Crippen LogP contribution in [0.4, 0.5) is 10.2 Å². The Hall–Kier alpha value is -4.41. The van der Waals surface area contributed by atoms with Gasteiger partial charge in [-0.15, -0.1) is 0 Å². The maximum Gasteiger partial charge on any atom is 0.237 e.